The van der Waals surface area contributed by atoms with Crippen molar-refractivity contribution in [2.75, 3.05) is 12.0 Å². The average Bonchev–Trinajstić information content (AvgIpc) is 2.40. The molecule has 0 unspecified atom stereocenters. The molecule has 0 aliphatic heterocycles. The molecule has 0 aliphatic rings. The lowest BCUT2D eigenvalue weighted by molar-refractivity contribution is 0.341. The second-order valence-electron chi connectivity index (χ2n) is 3.50. The maximum Gasteiger partial charge on any atom is 0.128 e. The number of pyridine rings is 1. The molecule has 2 aromatic rings. The largest absolute Gasteiger partial charge is 0.493 e. The van der Waals surface area contributed by atoms with Gasteiger partial charge in [-0.1, -0.05) is 12.1 Å². The number of nitrogens with zero attached hydrogens (tertiary/aromatic N) is 1. The highest BCUT2D eigenvalue weighted by atomic mass is 16.5. The summed E-state index contributed by atoms with van der Waals surface area (Å²) in [5.41, 5.74) is 5.23. The van der Waals surface area contributed by atoms with Crippen molar-refractivity contribution in [2.45, 2.75) is 6.92 Å². The molecule has 0 spiro atoms. The summed E-state index contributed by atoms with van der Waals surface area (Å²) in [5.74, 6) is 6.21. The van der Waals surface area contributed by atoms with E-state index in [0.29, 0.717) is 6.61 Å². The number of nitrogen functional groups attached to an aromatic ring is 1. The summed E-state index contributed by atoms with van der Waals surface area (Å²) in [7, 11) is 0. The van der Waals surface area contributed by atoms with Gasteiger partial charge >= 0.3 is 0 Å². The summed E-state index contributed by atoms with van der Waals surface area (Å²) in [6, 6.07) is 11.5. The van der Waals surface area contributed by atoms with E-state index in [2.05, 4.69) is 10.4 Å². The standard InChI is InChI=1S/C13H15N3O/c1-2-17-13-6-4-3-5-11(13)12-9-10(16-14)7-8-15-12/h3-9H,2,14H2,1H3,(H,15,16). The summed E-state index contributed by atoms with van der Waals surface area (Å²) in [5, 5.41) is 0. The van der Waals surface area contributed by atoms with Crippen LogP contribution in [0.2, 0.25) is 0 Å². The number of hydrogen-bond acceptors (Lipinski definition) is 4. The van der Waals surface area contributed by atoms with Crippen LogP contribution in [0.1, 0.15) is 6.92 Å². The van der Waals surface area contributed by atoms with Crippen molar-refractivity contribution >= 4 is 5.69 Å². The number of ether oxygens (including phenoxy) is 1. The van der Waals surface area contributed by atoms with Gasteiger partial charge < -0.3 is 10.2 Å². The van der Waals surface area contributed by atoms with Gasteiger partial charge in [-0.2, -0.15) is 0 Å². The monoisotopic (exact) mass is 229 g/mol. The van der Waals surface area contributed by atoms with Gasteiger partial charge in [0.15, 0.2) is 0 Å². The Kier molecular flexibility index (Phi) is 3.57. The molecule has 0 saturated carbocycles. The molecule has 0 radical (unpaired) electrons. The van der Waals surface area contributed by atoms with E-state index in [1.54, 1.807) is 6.20 Å². The van der Waals surface area contributed by atoms with E-state index in [-0.39, 0.29) is 0 Å². The Hall–Kier alpha value is -2.07. The van der Waals surface area contributed by atoms with E-state index < -0.39 is 0 Å². The smallest absolute Gasteiger partial charge is 0.128 e. The van der Waals surface area contributed by atoms with Crippen LogP contribution in [-0.2, 0) is 0 Å². The summed E-state index contributed by atoms with van der Waals surface area (Å²) in [4.78, 5) is 4.32. The van der Waals surface area contributed by atoms with E-state index in [1.807, 2.05) is 43.3 Å². The van der Waals surface area contributed by atoms with E-state index in [0.717, 1.165) is 22.7 Å². The summed E-state index contributed by atoms with van der Waals surface area (Å²) < 4.78 is 5.57. The zero-order chi connectivity index (χ0) is 12.1. The fraction of sp³-hybridized carbons (Fsp3) is 0.154. The first kappa shape index (κ1) is 11.4. The van der Waals surface area contributed by atoms with Gasteiger partial charge in [0.25, 0.3) is 0 Å². The Morgan fingerprint density at radius 3 is 2.88 bits per heavy atom. The van der Waals surface area contributed by atoms with E-state index in [1.165, 1.54) is 0 Å². The molecule has 1 heterocycles. The van der Waals surface area contributed by atoms with Gasteiger partial charge in [0.1, 0.15) is 5.75 Å². The highest BCUT2D eigenvalue weighted by Crippen LogP contribution is 2.29. The Morgan fingerprint density at radius 2 is 2.12 bits per heavy atom. The van der Waals surface area contributed by atoms with Crippen LogP contribution < -0.4 is 16.0 Å². The SMILES string of the molecule is CCOc1ccccc1-c1cc(NN)ccn1. The number of benzene rings is 1. The molecule has 88 valence electrons. The molecular weight excluding hydrogens is 214 g/mol. The van der Waals surface area contributed by atoms with Crippen molar-refractivity contribution < 1.29 is 4.74 Å². The van der Waals surface area contributed by atoms with Gasteiger partial charge in [-0.15, -0.1) is 0 Å². The van der Waals surface area contributed by atoms with Crippen LogP contribution in [0.3, 0.4) is 0 Å². The minimum Gasteiger partial charge on any atom is -0.493 e. The highest BCUT2D eigenvalue weighted by Gasteiger charge is 2.06. The molecule has 3 N–H and O–H groups in total. The van der Waals surface area contributed by atoms with Crippen molar-refractivity contribution in [3.05, 3.63) is 42.6 Å². The van der Waals surface area contributed by atoms with Crippen LogP contribution in [0.15, 0.2) is 42.6 Å². The van der Waals surface area contributed by atoms with Crippen molar-refractivity contribution in [2.24, 2.45) is 5.84 Å². The zero-order valence-corrected chi connectivity index (χ0v) is 9.68. The third kappa shape index (κ3) is 2.54. The number of rotatable bonds is 4. The van der Waals surface area contributed by atoms with Gasteiger partial charge in [0.2, 0.25) is 0 Å². The first-order chi connectivity index (χ1) is 8.35. The Labute approximate surface area is 100 Å². The maximum absolute atomic E-state index is 5.57. The van der Waals surface area contributed by atoms with Gasteiger partial charge in [-0.05, 0) is 31.2 Å². The molecule has 0 atom stereocenters. The Balaban J connectivity index is 2.44. The predicted octanol–water partition coefficient (Wildman–Crippen LogP) is 2.43. The molecule has 0 fully saturated rings. The lowest BCUT2D eigenvalue weighted by Gasteiger charge is -2.10. The Morgan fingerprint density at radius 1 is 1.29 bits per heavy atom. The van der Waals surface area contributed by atoms with E-state index >= 15 is 0 Å². The lowest BCUT2D eigenvalue weighted by atomic mass is 10.1. The maximum atomic E-state index is 5.57. The third-order valence-corrected chi connectivity index (χ3v) is 2.39. The minimum absolute atomic E-state index is 0.631. The molecule has 4 heteroatoms. The lowest BCUT2D eigenvalue weighted by Crippen LogP contribution is -2.06. The van der Waals surface area contributed by atoms with Crippen molar-refractivity contribution in [1.82, 2.24) is 4.98 Å². The quantitative estimate of drug-likeness (QED) is 0.624. The van der Waals surface area contributed by atoms with Crippen LogP contribution in [0.5, 0.6) is 5.75 Å². The number of nitrogens with two attached hydrogens (primary N) is 1. The fourth-order valence-electron chi connectivity index (χ4n) is 1.63. The number of aromatic nitrogens is 1. The van der Waals surface area contributed by atoms with Crippen LogP contribution in [0.4, 0.5) is 5.69 Å². The molecular formula is C13H15N3O. The van der Waals surface area contributed by atoms with Crippen molar-refractivity contribution in [3.8, 4) is 17.0 Å². The van der Waals surface area contributed by atoms with Crippen molar-refractivity contribution in [3.63, 3.8) is 0 Å². The summed E-state index contributed by atoms with van der Waals surface area (Å²) in [6.07, 6.45) is 1.72. The van der Waals surface area contributed by atoms with Crippen LogP contribution in [-0.4, -0.2) is 11.6 Å². The van der Waals surface area contributed by atoms with Gasteiger partial charge in [0, 0.05) is 11.8 Å². The average molecular weight is 229 g/mol. The van der Waals surface area contributed by atoms with Crippen molar-refractivity contribution in [1.29, 1.82) is 0 Å². The second kappa shape index (κ2) is 5.32. The summed E-state index contributed by atoms with van der Waals surface area (Å²) in [6.45, 7) is 2.59. The molecule has 2 rings (SSSR count). The molecule has 0 amide bonds. The number of nitrogens with one attached hydrogen (secondary N) is 1. The van der Waals surface area contributed by atoms with E-state index in [4.69, 9.17) is 10.6 Å². The van der Waals surface area contributed by atoms with Crippen LogP contribution >= 0.6 is 0 Å². The number of anilines is 1. The molecule has 0 saturated heterocycles. The normalized spacial score (nSPS) is 10.0. The Bertz CT molecular complexity index is 500. The zero-order valence-electron chi connectivity index (χ0n) is 9.68. The van der Waals surface area contributed by atoms with Gasteiger partial charge in [-0.3, -0.25) is 10.8 Å². The molecule has 1 aromatic carbocycles. The first-order valence-corrected chi connectivity index (χ1v) is 5.50. The molecule has 0 aliphatic carbocycles. The second-order valence-corrected chi connectivity index (χ2v) is 3.50. The van der Waals surface area contributed by atoms with Gasteiger partial charge in [-0.25, -0.2) is 0 Å². The molecule has 0 bridgehead atoms. The molecule has 1 aromatic heterocycles. The van der Waals surface area contributed by atoms with Crippen LogP contribution in [0, 0.1) is 0 Å². The third-order valence-electron chi connectivity index (χ3n) is 2.39. The highest BCUT2D eigenvalue weighted by molar-refractivity contribution is 5.69. The number of para-hydroxylation sites is 1. The fourth-order valence-corrected chi connectivity index (χ4v) is 1.63. The predicted molar refractivity (Wildman–Crippen MR) is 68.7 cm³/mol. The molecule has 4 nitrogen and oxygen atoms in total. The van der Waals surface area contributed by atoms with E-state index in [9.17, 15) is 0 Å². The number of hydrogen-bond donors (Lipinski definition) is 2. The summed E-state index contributed by atoms with van der Waals surface area (Å²) >= 11 is 0. The first-order valence-electron chi connectivity index (χ1n) is 5.50. The topological polar surface area (TPSA) is 60.2 Å². The van der Waals surface area contributed by atoms with Crippen LogP contribution in [0.25, 0.3) is 11.3 Å². The molecule has 17 heavy (non-hydrogen) atoms. The number of hydrazine groups is 1. The minimum atomic E-state index is 0.631. The van der Waals surface area contributed by atoms with Gasteiger partial charge in [0.05, 0.1) is 18.0 Å².